The van der Waals surface area contributed by atoms with Crippen molar-refractivity contribution in [2.24, 2.45) is 5.92 Å². The zero-order valence-electron chi connectivity index (χ0n) is 22.6. The van der Waals surface area contributed by atoms with E-state index in [2.05, 4.69) is 25.5 Å². The molecule has 1 unspecified atom stereocenters. The third kappa shape index (κ3) is 7.53. The molecular weight excluding hydrogens is 577 g/mol. The van der Waals surface area contributed by atoms with Crippen molar-refractivity contribution in [3.8, 4) is 0 Å². The van der Waals surface area contributed by atoms with Gasteiger partial charge in [0.2, 0.25) is 24.1 Å². The molecular formula is C25H29F7N8O2. The number of halogens is 7. The van der Waals surface area contributed by atoms with Crippen LogP contribution in [0.2, 0.25) is 0 Å². The van der Waals surface area contributed by atoms with Crippen LogP contribution in [-0.4, -0.2) is 66.2 Å². The fourth-order valence-electron chi connectivity index (χ4n) is 4.96. The maximum Gasteiger partial charge on any atom is 0.405 e. The minimum absolute atomic E-state index is 0.0000229. The smallest absolute Gasteiger partial charge is 0.346 e. The molecule has 0 spiro atoms. The van der Waals surface area contributed by atoms with Gasteiger partial charge in [-0.25, -0.2) is 36.7 Å². The van der Waals surface area contributed by atoms with Crippen molar-refractivity contribution in [3.63, 3.8) is 0 Å². The van der Waals surface area contributed by atoms with Crippen LogP contribution in [0.1, 0.15) is 85.8 Å². The van der Waals surface area contributed by atoms with Gasteiger partial charge in [-0.1, -0.05) is 0 Å². The Morgan fingerprint density at radius 3 is 2.45 bits per heavy atom. The number of aromatic nitrogens is 6. The molecule has 4 rings (SSSR count). The van der Waals surface area contributed by atoms with Gasteiger partial charge >= 0.3 is 6.18 Å². The van der Waals surface area contributed by atoms with Crippen LogP contribution >= 0.6 is 0 Å². The molecule has 0 radical (unpaired) electrons. The molecule has 42 heavy (non-hydrogen) atoms. The molecule has 3 aromatic rings. The lowest BCUT2D eigenvalue weighted by Gasteiger charge is -2.33. The highest BCUT2D eigenvalue weighted by molar-refractivity contribution is 5.91. The second-order valence-corrected chi connectivity index (χ2v) is 10.5. The highest BCUT2D eigenvalue weighted by Gasteiger charge is 2.40. The van der Waals surface area contributed by atoms with E-state index in [1.807, 2.05) is 0 Å². The zero-order valence-corrected chi connectivity index (χ0v) is 22.6. The molecule has 1 aliphatic carbocycles. The van der Waals surface area contributed by atoms with E-state index >= 15 is 0 Å². The molecule has 2 amide bonds. The first-order chi connectivity index (χ1) is 19.6. The third-order valence-corrected chi connectivity index (χ3v) is 7.06. The molecule has 17 heteroatoms. The molecule has 0 saturated heterocycles. The van der Waals surface area contributed by atoms with Gasteiger partial charge in [0, 0.05) is 25.3 Å². The fourth-order valence-corrected chi connectivity index (χ4v) is 4.96. The molecule has 230 valence electrons. The van der Waals surface area contributed by atoms with Crippen LogP contribution in [-0.2, 0) is 4.79 Å². The molecule has 10 nitrogen and oxygen atoms in total. The van der Waals surface area contributed by atoms with Gasteiger partial charge in [-0.15, -0.1) is 0 Å². The van der Waals surface area contributed by atoms with E-state index in [0.29, 0.717) is 0 Å². The highest BCUT2D eigenvalue weighted by Crippen LogP contribution is 2.41. The molecule has 1 saturated carbocycles. The largest absolute Gasteiger partial charge is 0.405 e. The summed E-state index contributed by atoms with van der Waals surface area (Å²) in [5.41, 5.74) is 0.185. The van der Waals surface area contributed by atoms with Crippen molar-refractivity contribution >= 4 is 17.5 Å². The van der Waals surface area contributed by atoms with Gasteiger partial charge in [0.25, 0.3) is 5.91 Å². The van der Waals surface area contributed by atoms with Gasteiger partial charge in [0.15, 0.2) is 5.65 Å². The normalized spacial score (nSPS) is 17.5. The topological polar surface area (TPSA) is 119 Å². The number of rotatable bonds is 10. The summed E-state index contributed by atoms with van der Waals surface area (Å²) < 4.78 is 94.8. The molecule has 0 bridgehead atoms. The predicted molar refractivity (Wildman–Crippen MR) is 133 cm³/mol. The number of nitrogens with zero attached hydrogens (tertiary/aromatic N) is 6. The van der Waals surface area contributed by atoms with Crippen LogP contribution in [0.25, 0.3) is 5.65 Å². The van der Waals surface area contributed by atoms with E-state index in [1.165, 1.54) is 27.8 Å². The van der Waals surface area contributed by atoms with Crippen molar-refractivity contribution in [2.75, 3.05) is 6.54 Å². The number of hydrogen-bond acceptors (Lipinski definition) is 6. The van der Waals surface area contributed by atoms with Crippen molar-refractivity contribution in [3.05, 3.63) is 41.9 Å². The van der Waals surface area contributed by atoms with Crippen LogP contribution in [0.15, 0.2) is 24.8 Å². The lowest BCUT2D eigenvalue weighted by atomic mass is 9.81. The van der Waals surface area contributed by atoms with E-state index in [9.17, 15) is 40.3 Å². The SMILES string of the molecule is CC(C)n1ncnc1C(=O)N[C@H](c1cn2ncc(C(CC(F)F)C(=O)NCC(F)(F)F)cc2n1)C1CCC(F)(F)CC1. The lowest BCUT2D eigenvalue weighted by Crippen LogP contribution is -2.38. The molecule has 1 aliphatic rings. The molecule has 2 atom stereocenters. The maximum absolute atomic E-state index is 13.9. The first kappa shape index (κ1) is 31.2. The summed E-state index contributed by atoms with van der Waals surface area (Å²) in [5, 5.41) is 12.6. The Hall–Kier alpha value is -3.79. The zero-order chi connectivity index (χ0) is 30.8. The van der Waals surface area contributed by atoms with Gasteiger partial charge < -0.3 is 10.6 Å². The van der Waals surface area contributed by atoms with E-state index < -0.39 is 74.0 Å². The lowest BCUT2D eigenvalue weighted by molar-refractivity contribution is -0.139. The molecule has 0 aliphatic heterocycles. The van der Waals surface area contributed by atoms with E-state index in [4.69, 9.17) is 0 Å². The molecule has 3 heterocycles. The number of amides is 2. The van der Waals surface area contributed by atoms with Crippen molar-refractivity contribution < 1.29 is 40.3 Å². The molecule has 0 aromatic carbocycles. The predicted octanol–water partition coefficient (Wildman–Crippen LogP) is 4.62. The summed E-state index contributed by atoms with van der Waals surface area (Å²) in [5.74, 6) is -6.82. The number of carbonyl (C=O) groups is 2. The van der Waals surface area contributed by atoms with Gasteiger partial charge in [0.05, 0.1) is 30.0 Å². The number of hydrogen-bond donors (Lipinski definition) is 2. The Labute approximate surface area is 235 Å². The fraction of sp³-hybridized carbons (Fsp3) is 0.600. The summed E-state index contributed by atoms with van der Waals surface area (Å²) >= 11 is 0. The van der Waals surface area contributed by atoms with Crippen molar-refractivity contribution in [1.29, 1.82) is 0 Å². The average Bonchev–Trinajstić information content (AvgIpc) is 3.56. The summed E-state index contributed by atoms with van der Waals surface area (Å²) in [6, 6.07) is 0.162. The standard InChI is InChI=1S/C25H29F7N8O2/c1-13(2)40-21(34-12-36-40)23(42)38-20(14-3-5-24(28,29)6-4-14)17-10-39-19(37-17)7-15(9-35-39)16(8-18(26)27)22(41)33-11-25(30,31)32/h7,9-10,12-14,16,18,20H,3-6,8,11H2,1-2H3,(H,33,41)(H,38,42)/t16?,20-/m0/s1. The number of fused-ring (bicyclic) bond motifs is 1. The Morgan fingerprint density at radius 1 is 1.14 bits per heavy atom. The average molecular weight is 607 g/mol. The number of imidazole rings is 1. The quantitative estimate of drug-likeness (QED) is 0.326. The Balaban J connectivity index is 1.66. The van der Waals surface area contributed by atoms with Crippen molar-refractivity contribution in [2.45, 2.75) is 82.5 Å². The first-order valence-electron chi connectivity index (χ1n) is 13.2. The second kappa shape index (κ2) is 12.2. The highest BCUT2D eigenvalue weighted by atomic mass is 19.4. The summed E-state index contributed by atoms with van der Waals surface area (Å²) in [4.78, 5) is 34.1. The maximum atomic E-state index is 13.9. The Morgan fingerprint density at radius 2 is 1.83 bits per heavy atom. The van der Waals surface area contributed by atoms with Gasteiger partial charge in [-0.3, -0.25) is 9.59 Å². The summed E-state index contributed by atoms with van der Waals surface area (Å²) in [6.45, 7) is 1.89. The van der Waals surface area contributed by atoms with Crippen LogP contribution in [0.5, 0.6) is 0 Å². The summed E-state index contributed by atoms with van der Waals surface area (Å²) in [6.07, 6.45) is -5.76. The van der Waals surface area contributed by atoms with E-state index in [0.717, 1.165) is 6.20 Å². The van der Waals surface area contributed by atoms with Crippen LogP contribution < -0.4 is 10.6 Å². The van der Waals surface area contributed by atoms with E-state index in [1.54, 1.807) is 19.2 Å². The Bertz CT molecular complexity index is 1390. The minimum Gasteiger partial charge on any atom is -0.346 e. The van der Waals surface area contributed by atoms with Crippen molar-refractivity contribution in [1.82, 2.24) is 40.0 Å². The second-order valence-electron chi connectivity index (χ2n) is 10.5. The van der Waals surface area contributed by atoms with Crippen LogP contribution in [0.3, 0.4) is 0 Å². The molecule has 1 fully saturated rings. The van der Waals surface area contributed by atoms with E-state index in [-0.39, 0.29) is 41.6 Å². The number of carbonyl (C=O) groups excluding carboxylic acids is 2. The van der Waals surface area contributed by atoms with Crippen LogP contribution in [0, 0.1) is 5.92 Å². The van der Waals surface area contributed by atoms with Gasteiger partial charge in [0.1, 0.15) is 12.9 Å². The monoisotopic (exact) mass is 606 g/mol. The number of alkyl halides is 7. The third-order valence-electron chi connectivity index (χ3n) is 7.06. The van der Waals surface area contributed by atoms with Gasteiger partial charge in [-0.05, 0) is 44.2 Å². The minimum atomic E-state index is -4.74. The summed E-state index contributed by atoms with van der Waals surface area (Å²) in [7, 11) is 0. The van der Waals surface area contributed by atoms with Crippen LogP contribution in [0.4, 0.5) is 30.7 Å². The first-order valence-corrected chi connectivity index (χ1v) is 13.2. The molecule has 2 N–H and O–H groups in total. The van der Waals surface area contributed by atoms with Gasteiger partial charge in [-0.2, -0.15) is 23.4 Å². The Kier molecular flexibility index (Phi) is 9.06. The number of nitrogens with one attached hydrogen (secondary N) is 2. The molecule has 3 aromatic heterocycles.